The summed E-state index contributed by atoms with van der Waals surface area (Å²) in [5.41, 5.74) is -0.235. The molecular formula is C15H30O. The number of ketones is 1. The van der Waals surface area contributed by atoms with Crippen molar-refractivity contribution in [3.63, 3.8) is 0 Å². The van der Waals surface area contributed by atoms with E-state index in [0.29, 0.717) is 5.78 Å². The van der Waals surface area contributed by atoms with E-state index in [1.807, 2.05) is 0 Å². The molecule has 0 N–H and O–H groups in total. The molecule has 0 aromatic heterocycles. The number of Topliss-reactive ketones (excluding diaryl/α,β-unsaturated/α-hetero) is 1. The van der Waals surface area contributed by atoms with Crippen molar-refractivity contribution in [3.8, 4) is 0 Å². The van der Waals surface area contributed by atoms with Gasteiger partial charge in [0.25, 0.3) is 0 Å². The molecule has 0 aliphatic heterocycles. The summed E-state index contributed by atoms with van der Waals surface area (Å²) in [6.07, 6.45) is 2.83. The van der Waals surface area contributed by atoms with Gasteiger partial charge in [-0.3, -0.25) is 4.79 Å². The molecule has 0 radical (unpaired) electrons. The third-order valence-electron chi connectivity index (χ3n) is 4.32. The van der Waals surface area contributed by atoms with Crippen LogP contribution in [0, 0.1) is 16.2 Å². The monoisotopic (exact) mass is 226 g/mol. The number of carbonyl (C=O) groups excluding carboxylic acids is 1. The van der Waals surface area contributed by atoms with Gasteiger partial charge in [0, 0.05) is 11.8 Å². The molecule has 96 valence electrons. The summed E-state index contributed by atoms with van der Waals surface area (Å²) in [5.74, 6) is 0.425. The first-order chi connectivity index (χ1) is 6.98. The van der Waals surface area contributed by atoms with Gasteiger partial charge < -0.3 is 0 Å². The molecule has 0 bridgehead atoms. The summed E-state index contributed by atoms with van der Waals surface area (Å²) in [6.45, 7) is 17.4. The van der Waals surface area contributed by atoms with Crippen molar-refractivity contribution in [2.45, 2.75) is 74.7 Å². The lowest BCUT2D eigenvalue weighted by atomic mass is 9.53. The van der Waals surface area contributed by atoms with E-state index in [-0.39, 0.29) is 16.2 Å². The zero-order valence-electron chi connectivity index (χ0n) is 12.5. The van der Waals surface area contributed by atoms with Crippen molar-refractivity contribution >= 4 is 5.78 Å². The zero-order valence-corrected chi connectivity index (χ0v) is 12.5. The van der Waals surface area contributed by atoms with Crippen molar-refractivity contribution < 1.29 is 4.79 Å². The number of rotatable bonds is 4. The van der Waals surface area contributed by atoms with Crippen LogP contribution >= 0.6 is 0 Å². The first-order valence-electron chi connectivity index (χ1n) is 6.51. The minimum Gasteiger partial charge on any atom is -0.299 e. The van der Waals surface area contributed by atoms with E-state index >= 15 is 0 Å². The summed E-state index contributed by atoms with van der Waals surface area (Å²) in [7, 11) is 0. The Bertz CT molecular complexity index is 223. The third-order valence-corrected chi connectivity index (χ3v) is 4.32. The summed E-state index contributed by atoms with van der Waals surface area (Å²) in [6, 6.07) is 0. The zero-order chi connectivity index (χ0) is 13.2. The Labute approximate surface area is 102 Å². The maximum Gasteiger partial charge on any atom is 0.139 e. The first kappa shape index (κ1) is 15.7. The average molecular weight is 226 g/mol. The Morgan fingerprint density at radius 1 is 0.875 bits per heavy atom. The van der Waals surface area contributed by atoms with E-state index in [1.165, 1.54) is 0 Å². The van der Waals surface area contributed by atoms with E-state index in [0.717, 1.165) is 19.3 Å². The fraction of sp³-hybridized carbons (Fsp3) is 0.933. The van der Waals surface area contributed by atoms with Gasteiger partial charge in [-0.15, -0.1) is 0 Å². The minimum atomic E-state index is -0.255. The molecular weight excluding hydrogens is 196 g/mol. The average Bonchev–Trinajstić information content (AvgIpc) is 2.08. The highest BCUT2D eigenvalue weighted by Gasteiger charge is 2.51. The Morgan fingerprint density at radius 3 is 1.50 bits per heavy atom. The van der Waals surface area contributed by atoms with Gasteiger partial charge in [-0.25, -0.2) is 0 Å². The smallest absolute Gasteiger partial charge is 0.139 e. The molecule has 0 amide bonds. The van der Waals surface area contributed by atoms with Crippen LogP contribution in [0.5, 0.6) is 0 Å². The van der Waals surface area contributed by atoms with Gasteiger partial charge in [0.15, 0.2) is 0 Å². The number of hydrogen-bond acceptors (Lipinski definition) is 1. The molecule has 0 fully saturated rings. The normalized spacial score (nSPS) is 14.0. The second-order valence-corrected chi connectivity index (χ2v) is 7.15. The van der Waals surface area contributed by atoms with Crippen LogP contribution in [0.15, 0.2) is 0 Å². The lowest BCUT2D eigenvalue weighted by molar-refractivity contribution is -0.144. The molecule has 0 aromatic rings. The fourth-order valence-corrected chi connectivity index (χ4v) is 2.55. The molecule has 0 saturated heterocycles. The van der Waals surface area contributed by atoms with Crippen LogP contribution in [0.3, 0.4) is 0 Å². The molecule has 0 heterocycles. The SMILES string of the molecule is CCCCC(=O)C(C)(C(C)(C)C)C(C)(C)C. The second kappa shape index (κ2) is 4.89. The van der Waals surface area contributed by atoms with Crippen molar-refractivity contribution in [2.75, 3.05) is 0 Å². The summed E-state index contributed by atoms with van der Waals surface area (Å²) < 4.78 is 0. The number of unbranched alkanes of at least 4 members (excludes halogenated alkanes) is 1. The Hall–Kier alpha value is -0.330. The first-order valence-corrected chi connectivity index (χ1v) is 6.51. The molecule has 0 spiro atoms. The van der Waals surface area contributed by atoms with Gasteiger partial charge in [0.1, 0.15) is 5.78 Å². The van der Waals surface area contributed by atoms with Crippen LogP contribution in [-0.2, 0) is 4.79 Å². The lowest BCUT2D eigenvalue weighted by Gasteiger charge is -2.50. The van der Waals surface area contributed by atoms with E-state index in [2.05, 4.69) is 55.4 Å². The lowest BCUT2D eigenvalue weighted by Crippen LogP contribution is -2.49. The summed E-state index contributed by atoms with van der Waals surface area (Å²) >= 11 is 0. The summed E-state index contributed by atoms with van der Waals surface area (Å²) in [4.78, 5) is 12.5. The highest BCUT2D eigenvalue weighted by Crippen LogP contribution is 2.52. The van der Waals surface area contributed by atoms with Crippen molar-refractivity contribution in [3.05, 3.63) is 0 Å². The van der Waals surface area contributed by atoms with E-state index in [1.54, 1.807) is 0 Å². The number of hydrogen-bond donors (Lipinski definition) is 0. The van der Waals surface area contributed by atoms with E-state index in [4.69, 9.17) is 0 Å². The van der Waals surface area contributed by atoms with Crippen molar-refractivity contribution in [1.29, 1.82) is 0 Å². The molecule has 16 heavy (non-hydrogen) atoms. The van der Waals surface area contributed by atoms with Crippen molar-refractivity contribution in [2.24, 2.45) is 16.2 Å². The van der Waals surface area contributed by atoms with Crippen molar-refractivity contribution in [1.82, 2.24) is 0 Å². The molecule has 1 heteroatoms. The maximum atomic E-state index is 12.5. The molecule has 0 rings (SSSR count). The Morgan fingerprint density at radius 2 is 1.25 bits per heavy atom. The molecule has 0 aliphatic carbocycles. The van der Waals surface area contributed by atoms with Crippen LogP contribution in [-0.4, -0.2) is 5.78 Å². The highest BCUT2D eigenvalue weighted by atomic mass is 16.1. The number of carbonyl (C=O) groups is 1. The molecule has 1 nitrogen and oxygen atoms in total. The molecule has 0 aliphatic rings. The largest absolute Gasteiger partial charge is 0.299 e. The Balaban J connectivity index is 5.19. The molecule has 0 saturated carbocycles. The van der Waals surface area contributed by atoms with Gasteiger partial charge in [0.2, 0.25) is 0 Å². The van der Waals surface area contributed by atoms with E-state index in [9.17, 15) is 4.79 Å². The highest BCUT2D eigenvalue weighted by molar-refractivity contribution is 5.86. The fourth-order valence-electron chi connectivity index (χ4n) is 2.55. The Kier molecular flexibility index (Phi) is 4.79. The molecule has 0 aromatic carbocycles. The summed E-state index contributed by atoms with van der Waals surface area (Å²) in [5, 5.41) is 0. The molecule has 0 unspecified atom stereocenters. The van der Waals surface area contributed by atoms with Gasteiger partial charge in [0.05, 0.1) is 0 Å². The van der Waals surface area contributed by atoms with E-state index < -0.39 is 0 Å². The maximum absolute atomic E-state index is 12.5. The van der Waals surface area contributed by atoms with Gasteiger partial charge in [-0.1, -0.05) is 61.8 Å². The van der Waals surface area contributed by atoms with Crippen LogP contribution in [0.25, 0.3) is 0 Å². The standard InChI is InChI=1S/C15H30O/c1-9-10-11-12(16)15(8,13(2,3)4)14(5,6)7/h9-11H2,1-8H3. The predicted molar refractivity (Wildman–Crippen MR) is 71.5 cm³/mol. The third kappa shape index (κ3) is 2.87. The van der Waals surface area contributed by atoms with Gasteiger partial charge in [-0.05, 0) is 17.3 Å². The van der Waals surface area contributed by atoms with Crippen LogP contribution in [0.1, 0.15) is 74.7 Å². The second-order valence-electron chi connectivity index (χ2n) is 7.15. The topological polar surface area (TPSA) is 17.1 Å². The molecule has 0 atom stereocenters. The van der Waals surface area contributed by atoms with Crippen LogP contribution in [0.4, 0.5) is 0 Å². The predicted octanol–water partition coefficient (Wildman–Crippen LogP) is 4.84. The minimum absolute atomic E-state index is 0.00999. The van der Waals surface area contributed by atoms with Crippen LogP contribution < -0.4 is 0 Å². The van der Waals surface area contributed by atoms with Crippen LogP contribution in [0.2, 0.25) is 0 Å². The quantitative estimate of drug-likeness (QED) is 0.670. The van der Waals surface area contributed by atoms with Gasteiger partial charge >= 0.3 is 0 Å². The van der Waals surface area contributed by atoms with Gasteiger partial charge in [-0.2, -0.15) is 0 Å².